The smallest absolute Gasteiger partial charge is 0.422 e. The van der Waals surface area contributed by atoms with E-state index < -0.39 is 37.4 Å². The fourth-order valence-corrected chi connectivity index (χ4v) is 2.84. The zero-order chi connectivity index (χ0) is 19.4. The highest BCUT2D eigenvalue weighted by Gasteiger charge is 2.46. The van der Waals surface area contributed by atoms with Gasteiger partial charge in [0.15, 0.2) is 6.61 Å². The van der Waals surface area contributed by atoms with Crippen molar-refractivity contribution in [2.24, 2.45) is 0 Å². The van der Waals surface area contributed by atoms with Crippen molar-refractivity contribution in [2.75, 3.05) is 24.6 Å². The van der Waals surface area contributed by atoms with Crippen molar-refractivity contribution < 1.29 is 31.8 Å². The van der Waals surface area contributed by atoms with Gasteiger partial charge in [0, 0.05) is 6.07 Å². The molecule has 2 N–H and O–H groups in total. The zero-order valence-corrected chi connectivity index (χ0v) is 13.9. The fraction of sp³-hybridized carbons (Fsp3) is 0.500. The molecule has 1 saturated carbocycles. The molecule has 4 rings (SSSR count). The van der Waals surface area contributed by atoms with Gasteiger partial charge in [0.05, 0.1) is 36.4 Å². The third kappa shape index (κ3) is 3.68. The number of H-pyrrole nitrogens is 1. The van der Waals surface area contributed by atoms with Crippen molar-refractivity contribution in [1.29, 1.82) is 0 Å². The van der Waals surface area contributed by atoms with Crippen LogP contribution in [-0.4, -0.2) is 52.1 Å². The summed E-state index contributed by atoms with van der Waals surface area (Å²) in [6.07, 6.45) is -2.21. The van der Waals surface area contributed by atoms with Gasteiger partial charge in [-0.05, 0) is 18.9 Å². The lowest BCUT2D eigenvalue weighted by Crippen LogP contribution is -2.56. The number of nitrogens with one attached hydrogen (secondary N) is 1. The molecule has 3 heterocycles. The highest BCUT2D eigenvalue weighted by Crippen LogP contribution is 2.45. The Kier molecular flexibility index (Phi) is 3.85. The van der Waals surface area contributed by atoms with Gasteiger partial charge in [0.1, 0.15) is 17.0 Å². The van der Waals surface area contributed by atoms with Crippen LogP contribution in [0.15, 0.2) is 18.3 Å². The SMILES string of the molecule is OC1(c2cc(-c3cc(OCC(F)(F)F)c(N4CC(F)(F)C4)cn3)n[nH]2)CC1. The summed E-state index contributed by atoms with van der Waals surface area (Å²) in [6, 6.07) is 2.79. The first-order chi connectivity index (χ1) is 12.5. The Balaban J connectivity index is 1.62. The van der Waals surface area contributed by atoms with Crippen LogP contribution in [0.2, 0.25) is 0 Å². The second kappa shape index (κ2) is 5.78. The van der Waals surface area contributed by atoms with Crippen LogP contribution in [0.25, 0.3) is 11.4 Å². The maximum atomic E-state index is 13.1. The first kappa shape index (κ1) is 18.0. The number of nitrogens with zero attached hydrogens (tertiary/aromatic N) is 3. The largest absolute Gasteiger partial charge is 0.482 e. The van der Waals surface area contributed by atoms with Gasteiger partial charge in [-0.25, -0.2) is 8.78 Å². The minimum Gasteiger partial charge on any atom is -0.482 e. The maximum absolute atomic E-state index is 13.1. The average Bonchev–Trinajstić information content (AvgIpc) is 3.10. The molecule has 2 aromatic rings. The molecule has 0 radical (unpaired) electrons. The second-order valence-electron chi connectivity index (χ2n) is 6.85. The Morgan fingerprint density at radius 1 is 1.19 bits per heavy atom. The standard InChI is InChI=1S/C16H15F5N4O2/c17-15(18)6-25(7-15)11-5-22-9(3-12(11)27-8-16(19,20)21)10-4-13(24-23-10)14(26)1-2-14/h3-5,26H,1-2,6-8H2,(H,23,24). The van der Waals surface area contributed by atoms with E-state index in [4.69, 9.17) is 4.74 Å². The van der Waals surface area contributed by atoms with Crippen molar-refractivity contribution in [3.05, 3.63) is 24.0 Å². The number of aliphatic hydroxyl groups is 1. The topological polar surface area (TPSA) is 74.3 Å². The molecule has 146 valence electrons. The average molecular weight is 390 g/mol. The molecule has 0 aromatic carbocycles. The highest BCUT2D eigenvalue weighted by molar-refractivity contribution is 5.66. The van der Waals surface area contributed by atoms with Crippen molar-refractivity contribution in [3.8, 4) is 17.1 Å². The monoisotopic (exact) mass is 390 g/mol. The van der Waals surface area contributed by atoms with E-state index in [1.807, 2.05) is 0 Å². The number of alkyl halides is 5. The van der Waals surface area contributed by atoms with Crippen LogP contribution >= 0.6 is 0 Å². The van der Waals surface area contributed by atoms with E-state index in [0.717, 1.165) is 0 Å². The van der Waals surface area contributed by atoms with Crippen molar-refractivity contribution in [2.45, 2.75) is 30.5 Å². The van der Waals surface area contributed by atoms with E-state index in [1.165, 1.54) is 17.2 Å². The molecule has 0 atom stereocenters. The Hall–Kier alpha value is -2.43. The Morgan fingerprint density at radius 3 is 2.48 bits per heavy atom. The van der Waals surface area contributed by atoms with Gasteiger partial charge >= 0.3 is 6.18 Å². The van der Waals surface area contributed by atoms with Gasteiger partial charge < -0.3 is 14.7 Å². The van der Waals surface area contributed by atoms with Gasteiger partial charge in [0.2, 0.25) is 0 Å². The number of hydrogen-bond donors (Lipinski definition) is 2. The number of halogens is 5. The zero-order valence-electron chi connectivity index (χ0n) is 13.9. The Labute approximate surface area is 150 Å². The highest BCUT2D eigenvalue weighted by atomic mass is 19.4. The van der Waals surface area contributed by atoms with E-state index in [-0.39, 0.29) is 17.1 Å². The van der Waals surface area contributed by atoms with Crippen molar-refractivity contribution in [1.82, 2.24) is 15.2 Å². The lowest BCUT2D eigenvalue weighted by molar-refractivity contribution is -0.153. The van der Waals surface area contributed by atoms with Crippen LogP contribution in [0.5, 0.6) is 5.75 Å². The molecule has 0 unspecified atom stereocenters. The van der Waals surface area contributed by atoms with Crippen LogP contribution in [0, 0.1) is 0 Å². The van der Waals surface area contributed by atoms with Crippen molar-refractivity contribution in [3.63, 3.8) is 0 Å². The minimum atomic E-state index is -4.58. The number of aromatic nitrogens is 3. The number of hydrogen-bond acceptors (Lipinski definition) is 5. The van der Waals surface area contributed by atoms with Crippen molar-refractivity contribution >= 4 is 5.69 Å². The molecule has 2 fully saturated rings. The molecule has 2 aromatic heterocycles. The van der Waals surface area contributed by atoms with E-state index >= 15 is 0 Å². The molecule has 2 aliphatic rings. The van der Waals surface area contributed by atoms with Crippen LogP contribution in [0.4, 0.5) is 27.6 Å². The van der Waals surface area contributed by atoms with Gasteiger partial charge in [-0.3, -0.25) is 10.1 Å². The number of anilines is 1. The summed E-state index contributed by atoms with van der Waals surface area (Å²) in [5.41, 5.74) is 0.107. The molecule has 6 nitrogen and oxygen atoms in total. The fourth-order valence-electron chi connectivity index (χ4n) is 2.84. The molecule has 0 amide bonds. The van der Waals surface area contributed by atoms with Crippen LogP contribution in [-0.2, 0) is 5.60 Å². The maximum Gasteiger partial charge on any atom is 0.422 e. The Morgan fingerprint density at radius 2 is 1.89 bits per heavy atom. The lowest BCUT2D eigenvalue weighted by Gasteiger charge is -2.40. The molecule has 1 saturated heterocycles. The summed E-state index contributed by atoms with van der Waals surface area (Å²) in [7, 11) is 0. The molecular weight excluding hydrogens is 375 g/mol. The van der Waals surface area contributed by atoms with E-state index in [0.29, 0.717) is 24.2 Å². The molecule has 0 spiro atoms. The lowest BCUT2D eigenvalue weighted by atomic mass is 10.1. The summed E-state index contributed by atoms with van der Waals surface area (Å²) >= 11 is 0. The summed E-state index contributed by atoms with van der Waals surface area (Å²) in [4.78, 5) is 5.31. The van der Waals surface area contributed by atoms with Crippen LogP contribution < -0.4 is 9.64 Å². The molecule has 0 bridgehead atoms. The molecule has 1 aliphatic heterocycles. The number of ether oxygens (including phenoxy) is 1. The first-order valence-corrected chi connectivity index (χ1v) is 8.16. The minimum absolute atomic E-state index is 0.0607. The summed E-state index contributed by atoms with van der Waals surface area (Å²) < 4.78 is 68.7. The molecule has 27 heavy (non-hydrogen) atoms. The third-order valence-electron chi connectivity index (χ3n) is 4.49. The molecule has 1 aliphatic carbocycles. The van der Waals surface area contributed by atoms with Crippen LogP contribution in [0.3, 0.4) is 0 Å². The van der Waals surface area contributed by atoms with Crippen LogP contribution in [0.1, 0.15) is 18.5 Å². The van der Waals surface area contributed by atoms with Gasteiger partial charge in [-0.2, -0.15) is 18.3 Å². The van der Waals surface area contributed by atoms with Gasteiger partial charge in [-0.15, -0.1) is 0 Å². The van der Waals surface area contributed by atoms with E-state index in [1.54, 1.807) is 6.07 Å². The molecular formula is C16H15F5N4O2. The van der Waals surface area contributed by atoms with Gasteiger partial charge in [0.25, 0.3) is 5.92 Å². The quantitative estimate of drug-likeness (QED) is 0.768. The number of pyridine rings is 1. The first-order valence-electron chi connectivity index (χ1n) is 8.16. The van der Waals surface area contributed by atoms with Gasteiger partial charge in [-0.1, -0.05) is 0 Å². The molecule has 11 heteroatoms. The second-order valence-corrected chi connectivity index (χ2v) is 6.85. The number of rotatable bonds is 5. The normalized spacial score (nSPS) is 20.3. The number of aromatic amines is 1. The predicted molar refractivity (Wildman–Crippen MR) is 83.7 cm³/mol. The third-order valence-corrected chi connectivity index (χ3v) is 4.49. The predicted octanol–water partition coefficient (Wildman–Crippen LogP) is 2.85. The summed E-state index contributed by atoms with van der Waals surface area (Å²) in [5, 5.41) is 16.8. The summed E-state index contributed by atoms with van der Waals surface area (Å²) in [5.74, 6) is -3.10. The Bertz CT molecular complexity index is 855. The summed E-state index contributed by atoms with van der Waals surface area (Å²) in [6.45, 7) is -2.79. The van der Waals surface area contributed by atoms with E-state index in [9.17, 15) is 27.1 Å². The van der Waals surface area contributed by atoms with E-state index in [2.05, 4.69) is 15.2 Å².